The SMILES string of the molecule is CCNC(C1=CCCCC1)c1cc(OC)ncn1. The predicted molar refractivity (Wildman–Crippen MR) is 71.6 cm³/mol. The van der Waals surface area contributed by atoms with Gasteiger partial charge in [0, 0.05) is 6.07 Å². The van der Waals surface area contributed by atoms with Gasteiger partial charge in [-0.1, -0.05) is 18.6 Å². The Balaban J connectivity index is 2.25. The second-order valence-electron chi connectivity index (χ2n) is 4.50. The second-order valence-corrected chi connectivity index (χ2v) is 4.50. The first-order valence-electron chi connectivity index (χ1n) is 6.63. The molecule has 1 aliphatic rings. The van der Waals surface area contributed by atoms with Gasteiger partial charge in [0.05, 0.1) is 18.8 Å². The van der Waals surface area contributed by atoms with Crippen LogP contribution in [0.3, 0.4) is 0 Å². The molecule has 1 unspecified atom stereocenters. The molecule has 0 bridgehead atoms. The lowest BCUT2D eigenvalue weighted by molar-refractivity contribution is 0.394. The molecule has 1 aliphatic carbocycles. The minimum atomic E-state index is 0.201. The quantitative estimate of drug-likeness (QED) is 0.813. The molecule has 0 saturated heterocycles. The van der Waals surface area contributed by atoms with Crippen molar-refractivity contribution in [2.75, 3.05) is 13.7 Å². The molecular weight excluding hydrogens is 226 g/mol. The standard InChI is InChI=1S/C14H21N3O/c1-3-15-14(11-7-5-4-6-8-11)12-9-13(18-2)17-10-16-12/h7,9-10,14-15H,3-6,8H2,1-2H3. The van der Waals surface area contributed by atoms with Gasteiger partial charge in [0.15, 0.2) is 0 Å². The first kappa shape index (κ1) is 13.0. The summed E-state index contributed by atoms with van der Waals surface area (Å²) >= 11 is 0. The van der Waals surface area contributed by atoms with E-state index in [1.54, 1.807) is 13.4 Å². The third-order valence-corrected chi connectivity index (χ3v) is 3.27. The fourth-order valence-electron chi connectivity index (χ4n) is 2.38. The largest absolute Gasteiger partial charge is 0.481 e. The Hall–Kier alpha value is -1.42. The Kier molecular flexibility index (Phi) is 4.70. The third kappa shape index (κ3) is 3.07. The molecule has 1 aromatic rings. The van der Waals surface area contributed by atoms with Crippen LogP contribution < -0.4 is 10.1 Å². The van der Waals surface area contributed by atoms with E-state index in [4.69, 9.17) is 4.74 Å². The van der Waals surface area contributed by atoms with E-state index >= 15 is 0 Å². The van der Waals surface area contributed by atoms with E-state index < -0.39 is 0 Å². The maximum atomic E-state index is 5.17. The Morgan fingerprint density at radius 3 is 2.94 bits per heavy atom. The summed E-state index contributed by atoms with van der Waals surface area (Å²) in [5.74, 6) is 0.624. The summed E-state index contributed by atoms with van der Waals surface area (Å²) in [6.07, 6.45) is 8.84. The van der Waals surface area contributed by atoms with Crippen LogP contribution in [-0.2, 0) is 0 Å². The van der Waals surface area contributed by atoms with Crippen LogP contribution in [0.5, 0.6) is 5.88 Å². The molecule has 0 spiro atoms. The highest BCUT2D eigenvalue weighted by Gasteiger charge is 2.19. The van der Waals surface area contributed by atoms with Crippen LogP contribution in [0.4, 0.5) is 0 Å². The van der Waals surface area contributed by atoms with Crippen molar-refractivity contribution in [1.29, 1.82) is 0 Å². The summed E-state index contributed by atoms with van der Waals surface area (Å²) in [7, 11) is 1.63. The van der Waals surface area contributed by atoms with Crippen molar-refractivity contribution in [3.8, 4) is 5.88 Å². The zero-order valence-electron chi connectivity index (χ0n) is 11.1. The Morgan fingerprint density at radius 2 is 2.28 bits per heavy atom. The van der Waals surface area contributed by atoms with Crippen molar-refractivity contribution in [3.05, 3.63) is 29.7 Å². The molecule has 0 radical (unpaired) electrons. The van der Waals surface area contributed by atoms with Gasteiger partial charge in [0.1, 0.15) is 6.33 Å². The van der Waals surface area contributed by atoms with Crippen LogP contribution >= 0.6 is 0 Å². The molecule has 1 N–H and O–H groups in total. The lowest BCUT2D eigenvalue weighted by Gasteiger charge is -2.23. The number of nitrogens with zero attached hydrogens (tertiary/aromatic N) is 2. The van der Waals surface area contributed by atoms with Crippen LogP contribution in [0, 0.1) is 0 Å². The molecule has 0 amide bonds. The summed E-state index contributed by atoms with van der Waals surface area (Å²) in [6, 6.07) is 2.12. The molecule has 1 atom stereocenters. The van der Waals surface area contributed by atoms with Gasteiger partial charge in [-0.05, 0) is 32.2 Å². The smallest absolute Gasteiger partial charge is 0.216 e. The number of aromatic nitrogens is 2. The molecule has 0 aliphatic heterocycles. The average molecular weight is 247 g/mol. The Labute approximate surface area is 108 Å². The normalized spacial score (nSPS) is 17.1. The van der Waals surface area contributed by atoms with Gasteiger partial charge in [0.2, 0.25) is 5.88 Å². The highest BCUT2D eigenvalue weighted by molar-refractivity contribution is 5.26. The number of methoxy groups -OCH3 is 1. The fourth-order valence-corrected chi connectivity index (χ4v) is 2.38. The number of allylic oxidation sites excluding steroid dienone is 1. The van der Waals surface area contributed by atoms with Crippen LogP contribution in [0.1, 0.15) is 44.3 Å². The number of hydrogen-bond acceptors (Lipinski definition) is 4. The van der Waals surface area contributed by atoms with Crippen molar-refractivity contribution in [1.82, 2.24) is 15.3 Å². The van der Waals surface area contributed by atoms with Crippen LogP contribution in [0.25, 0.3) is 0 Å². The predicted octanol–water partition coefficient (Wildman–Crippen LogP) is 2.64. The molecule has 0 saturated carbocycles. The number of rotatable bonds is 5. The van der Waals surface area contributed by atoms with E-state index in [9.17, 15) is 0 Å². The van der Waals surface area contributed by atoms with E-state index in [2.05, 4.69) is 28.3 Å². The molecule has 1 heterocycles. The average Bonchev–Trinajstić information content (AvgIpc) is 2.46. The van der Waals surface area contributed by atoms with Crippen molar-refractivity contribution >= 4 is 0 Å². The first-order chi connectivity index (χ1) is 8.85. The van der Waals surface area contributed by atoms with E-state index in [-0.39, 0.29) is 6.04 Å². The fraction of sp³-hybridized carbons (Fsp3) is 0.571. The maximum Gasteiger partial charge on any atom is 0.216 e. The van der Waals surface area contributed by atoms with Crippen molar-refractivity contribution < 1.29 is 4.74 Å². The van der Waals surface area contributed by atoms with Gasteiger partial charge < -0.3 is 10.1 Å². The lowest BCUT2D eigenvalue weighted by Crippen LogP contribution is -2.24. The topological polar surface area (TPSA) is 47.0 Å². The minimum absolute atomic E-state index is 0.201. The summed E-state index contributed by atoms with van der Waals surface area (Å²) < 4.78 is 5.17. The molecule has 1 aromatic heterocycles. The highest BCUT2D eigenvalue weighted by Crippen LogP contribution is 2.29. The maximum absolute atomic E-state index is 5.17. The van der Waals surface area contributed by atoms with E-state index in [1.165, 1.54) is 24.8 Å². The van der Waals surface area contributed by atoms with E-state index in [0.29, 0.717) is 5.88 Å². The van der Waals surface area contributed by atoms with Crippen molar-refractivity contribution in [3.63, 3.8) is 0 Å². The zero-order chi connectivity index (χ0) is 12.8. The summed E-state index contributed by atoms with van der Waals surface area (Å²) in [4.78, 5) is 8.45. The molecule has 4 heteroatoms. The summed E-state index contributed by atoms with van der Waals surface area (Å²) in [5, 5.41) is 3.51. The molecule has 0 fully saturated rings. The Morgan fingerprint density at radius 1 is 1.39 bits per heavy atom. The van der Waals surface area contributed by atoms with Gasteiger partial charge in [-0.15, -0.1) is 0 Å². The van der Waals surface area contributed by atoms with Crippen molar-refractivity contribution in [2.24, 2.45) is 0 Å². The van der Waals surface area contributed by atoms with Gasteiger partial charge >= 0.3 is 0 Å². The van der Waals surface area contributed by atoms with Gasteiger partial charge in [-0.25, -0.2) is 9.97 Å². The third-order valence-electron chi connectivity index (χ3n) is 3.27. The van der Waals surface area contributed by atoms with Gasteiger partial charge in [0.25, 0.3) is 0 Å². The number of nitrogens with one attached hydrogen (secondary N) is 1. The second kappa shape index (κ2) is 6.50. The molecule has 2 rings (SSSR count). The van der Waals surface area contributed by atoms with Gasteiger partial charge in [-0.3, -0.25) is 0 Å². The molecule has 0 aromatic carbocycles. The van der Waals surface area contributed by atoms with Crippen LogP contribution in [0.15, 0.2) is 24.0 Å². The van der Waals surface area contributed by atoms with E-state index in [1.807, 2.05) is 6.07 Å². The highest BCUT2D eigenvalue weighted by atomic mass is 16.5. The zero-order valence-corrected chi connectivity index (χ0v) is 11.1. The van der Waals surface area contributed by atoms with Crippen LogP contribution in [0.2, 0.25) is 0 Å². The Bertz CT molecular complexity index is 417. The van der Waals surface area contributed by atoms with Crippen molar-refractivity contribution in [2.45, 2.75) is 38.6 Å². The first-order valence-corrected chi connectivity index (χ1v) is 6.63. The molecule has 98 valence electrons. The van der Waals surface area contributed by atoms with Crippen LogP contribution in [-0.4, -0.2) is 23.6 Å². The minimum Gasteiger partial charge on any atom is -0.481 e. The molecular formula is C14H21N3O. The number of hydrogen-bond donors (Lipinski definition) is 1. The number of likely N-dealkylation sites (N-methyl/N-ethyl adjacent to an activating group) is 1. The summed E-state index contributed by atoms with van der Waals surface area (Å²) in [6.45, 7) is 3.04. The lowest BCUT2D eigenvalue weighted by atomic mass is 9.92. The monoisotopic (exact) mass is 247 g/mol. The van der Waals surface area contributed by atoms with E-state index in [0.717, 1.165) is 18.7 Å². The molecule has 4 nitrogen and oxygen atoms in total. The molecule has 18 heavy (non-hydrogen) atoms. The van der Waals surface area contributed by atoms with Gasteiger partial charge in [-0.2, -0.15) is 0 Å². The summed E-state index contributed by atoms with van der Waals surface area (Å²) in [5.41, 5.74) is 2.45. The number of ether oxygens (including phenoxy) is 1.